The van der Waals surface area contributed by atoms with Gasteiger partial charge < -0.3 is 19.5 Å². The average molecular weight is 440 g/mol. The van der Waals surface area contributed by atoms with E-state index in [4.69, 9.17) is 14.2 Å². The van der Waals surface area contributed by atoms with Gasteiger partial charge in [-0.1, -0.05) is 48.5 Å². The van der Waals surface area contributed by atoms with Gasteiger partial charge in [0, 0.05) is 5.69 Å². The highest BCUT2D eigenvalue weighted by Gasteiger charge is 2.15. The van der Waals surface area contributed by atoms with Crippen LogP contribution in [0.3, 0.4) is 0 Å². The second-order valence-corrected chi connectivity index (χ2v) is 7.43. The third-order valence-electron chi connectivity index (χ3n) is 4.85. The number of rotatable bonds is 9. The highest BCUT2D eigenvalue weighted by atomic mass is 16.5. The molecule has 33 heavy (non-hydrogen) atoms. The van der Waals surface area contributed by atoms with Crippen LogP contribution in [0.25, 0.3) is 0 Å². The molecule has 0 radical (unpaired) electrons. The first-order chi connectivity index (χ1) is 16.2. The molecule has 4 aromatic rings. The standard InChI is InChI=1S/C28H25NO4/c1-21(32-26-18-16-24(17-19-26)31-20-22-8-4-2-5-9-22)28(30)29-23-12-14-27(15-13-23)33-25-10-6-3-7-11-25/h2-19,21H,20H2,1H3,(H,29,30). The van der Waals surface area contributed by atoms with Crippen LogP contribution in [0.5, 0.6) is 23.0 Å². The first kappa shape index (κ1) is 22.0. The molecule has 1 amide bonds. The van der Waals surface area contributed by atoms with Gasteiger partial charge in [0.25, 0.3) is 5.91 Å². The first-order valence-electron chi connectivity index (χ1n) is 10.7. The molecule has 0 heterocycles. The Labute approximate surface area is 193 Å². The number of ether oxygens (including phenoxy) is 3. The van der Waals surface area contributed by atoms with Crippen LogP contribution in [0.2, 0.25) is 0 Å². The largest absolute Gasteiger partial charge is 0.489 e. The molecule has 0 aliphatic heterocycles. The zero-order chi connectivity index (χ0) is 22.9. The molecular weight excluding hydrogens is 414 g/mol. The molecule has 166 valence electrons. The van der Waals surface area contributed by atoms with Crippen molar-refractivity contribution in [1.82, 2.24) is 0 Å². The zero-order valence-corrected chi connectivity index (χ0v) is 18.3. The lowest BCUT2D eigenvalue weighted by molar-refractivity contribution is -0.122. The van der Waals surface area contributed by atoms with E-state index in [-0.39, 0.29) is 5.91 Å². The van der Waals surface area contributed by atoms with Crippen molar-refractivity contribution < 1.29 is 19.0 Å². The van der Waals surface area contributed by atoms with Gasteiger partial charge in [0.15, 0.2) is 6.10 Å². The monoisotopic (exact) mass is 439 g/mol. The van der Waals surface area contributed by atoms with Crippen molar-refractivity contribution in [1.29, 1.82) is 0 Å². The fourth-order valence-corrected chi connectivity index (χ4v) is 3.09. The van der Waals surface area contributed by atoms with Crippen molar-refractivity contribution >= 4 is 11.6 Å². The van der Waals surface area contributed by atoms with E-state index in [0.29, 0.717) is 23.8 Å². The van der Waals surface area contributed by atoms with E-state index >= 15 is 0 Å². The van der Waals surface area contributed by atoms with Gasteiger partial charge in [-0.3, -0.25) is 4.79 Å². The molecule has 0 fully saturated rings. The average Bonchev–Trinajstić information content (AvgIpc) is 2.86. The van der Waals surface area contributed by atoms with Crippen molar-refractivity contribution in [2.24, 2.45) is 0 Å². The fraction of sp³-hybridized carbons (Fsp3) is 0.107. The Bertz CT molecular complexity index is 1140. The smallest absolute Gasteiger partial charge is 0.265 e. The maximum Gasteiger partial charge on any atom is 0.265 e. The molecule has 0 aliphatic rings. The lowest BCUT2D eigenvalue weighted by Crippen LogP contribution is -2.30. The van der Waals surface area contributed by atoms with Crippen molar-refractivity contribution in [3.63, 3.8) is 0 Å². The second-order valence-electron chi connectivity index (χ2n) is 7.43. The summed E-state index contributed by atoms with van der Waals surface area (Å²) in [5, 5.41) is 2.86. The topological polar surface area (TPSA) is 56.8 Å². The molecule has 5 heteroatoms. The summed E-state index contributed by atoms with van der Waals surface area (Å²) in [5.74, 6) is 2.54. The van der Waals surface area contributed by atoms with Crippen LogP contribution in [-0.4, -0.2) is 12.0 Å². The normalized spacial score (nSPS) is 11.3. The second kappa shape index (κ2) is 10.9. The summed E-state index contributed by atoms with van der Waals surface area (Å²) in [5.41, 5.74) is 1.77. The summed E-state index contributed by atoms with van der Waals surface area (Å²) >= 11 is 0. The van der Waals surface area contributed by atoms with E-state index in [1.165, 1.54) is 0 Å². The van der Waals surface area contributed by atoms with Gasteiger partial charge in [-0.15, -0.1) is 0 Å². The van der Waals surface area contributed by atoms with Gasteiger partial charge in [-0.25, -0.2) is 0 Å². The Morgan fingerprint density at radius 2 is 1.24 bits per heavy atom. The van der Waals surface area contributed by atoms with Crippen LogP contribution in [0.1, 0.15) is 12.5 Å². The summed E-state index contributed by atoms with van der Waals surface area (Å²) < 4.78 is 17.3. The van der Waals surface area contributed by atoms with E-state index in [9.17, 15) is 4.79 Å². The Morgan fingerprint density at radius 3 is 1.91 bits per heavy atom. The number of carbonyl (C=O) groups is 1. The SMILES string of the molecule is CC(Oc1ccc(OCc2ccccc2)cc1)C(=O)Nc1ccc(Oc2ccccc2)cc1. The minimum absolute atomic E-state index is 0.240. The molecule has 5 nitrogen and oxygen atoms in total. The number of hydrogen-bond acceptors (Lipinski definition) is 4. The van der Waals surface area contributed by atoms with Crippen LogP contribution in [-0.2, 0) is 11.4 Å². The number of hydrogen-bond donors (Lipinski definition) is 1. The third-order valence-corrected chi connectivity index (χ3v) is 4.85. The maximum absolute atomic E-state index is 12.5. The number of anilines is 1. The predicted molar refractivity (Wildman–Crippen MR) is 129 cm³/mol. The predicted octanol–water partition coefficient (Wildman–Crippen LogP) is 6.46. The van der Waals surface area contributed by atoms with Crippen molar-refractivity contribution in [2.45, 2.75) is 19.6 Å². The quantitative estimate of drug-likeness (QED) is 0.325. The van der Waals surface area contributed by atoms with Gasteiger partial charge in [-0.05, 0) is 73.2 Å². The summed E-state index contributed by atoms with van der Waals surface area (Å²) in [6, 6.07) is 33.9. The molecule has 4 aromatic carbocycles. The summed E-state index contributed by atoms with van der Waals surface area (Å²) in [7, 11) is 0. The molecule has 0 bridgehead atoms. The molecule has 0 aromatic heterocycles. The first-order valence-corrected chi connectivity index (χ1v) is 10.7. The lowest BCUT2D eigenvalue weighted by atomic mass is 10.2. The molecule has 0 saturated heterocycles. The number of carbonyl (C=O) groups excluding carboxylic acids is 1. The van der Waals surface area contributed by atoms with Gasteiger partial charge in [0.1, 0.15) is 29.6 Å². The van der Waals surface area contributed by atoms with E-state index in [1.807, 2.05) is 84.9 Å². The van der Waals surface area contributed by atoms with Crippen molar-refractivity contribution in [3.8, 4) is 23.0 Å². The van der Waals surface area contributed by atoms with E-state index < -0.39 is 6.10 Å². The van der Waals surface area contributed by atoms with Gasteiger partial charge >= 0.3 is 0 Å². The maximum atomic E-state index is 12.5. The fourth-order valence-electron chi connectivity index (χ4n) is 3.09. The highest BCUT2D eigenvalue weighted by molar-refractivity contribution is 5.94. The highest BCUT2D eigenvalue weighted by Crippen LogP contribution is 2.23. The zero-order valence-electron chi connectivity index (χ0n) is 18.3. The van der Waals surface area contributed by atoms with Crippen molar-refractivity contribution in [3.05, 3.63) is 115 Å². The number of amides is 1. The number of nitrogens with one attached hydrogen (secondary N) is 1. The van der Waals surface area contributed by atoms with Crippen LogP contribution in [0, 0.1) is 0 Å². The van der Waals surface area contributed by atoms with Crippen LogP contribution < -0.4 is 19.5 Å². The van der Waals surface area contributed by atoms with Gasteiger partial charge in [0.2, 0.25) is 0 Å². The molecule has 4 rings (SSSR count). The Hall–Kier alpha value is -4.25. The van der Waals surface area contributed by atoms with Gasteiger partial charge in [0.05, 0.1) is 0 Å². The number of para-hydroxylation sites is 1. The molecule has 0 spiro atoms. The Kier molecular flexibility index (Phi) is 7.23. The summed E-state index contributed by atoms with van der Waals surface area (Å²) in [4.78, 5) is 12.5. The molecule has 0 saturated carbocycles. The van der Waals surface area contributed by atoms with E-state index in [0.717, 1.165) is 17.1 Å². The van der Waals surface area contributed by atoms with Crippen molar-refractivity contribution in [2.75, 3.05) is 5.32 Å². The summed E-state index contributed by atoms with van der Waals surface area (Å²) in [6.45, 7) is 2.21. The molecular formula is C28H25NO4. The Balaban J connectivity index is 1.26. The third kappa shape index (κ3) is 6.61. The minimum Gasteiger partial charge on any atom is -0.489 e. The molecule has 1 unspecified atom stereocenters. The number of benzene rings is 4. The summed E-state index contributed by atoms with van der Waals surface area (Å²) in [6.07, 6.45) is -0.665. The Morgan fingerprint density at radius 1 is 0.697 bits per heavy atom. The van der Waals surface area contributed by atoms with Crippen LogP contribution >= 0.6 is 0 Å². The van der Waals surface area contributed by atoms with Crippen LogP contribution in [0.15, 0.2) is 109 Å². The molecule has 1 N–H and O–H groups in total. The van der Waals surface area contributed by atoms with E-state index in [1.54, 1.807) is 31.2 Å². The molecule has 0 aliphatic carbocycles. The lowest BCUT2D eigenvalue weighted by Gasteiger charge is -2.15. The van der Waals surface area contributed by atoms with E-state index in [2.05, 4.69) is 5.32 Å². The van der Waals surface area contributed by atoms with Gasteiger partial charge in [-0.2, -0.15) is 0 Å². The minimum atomic E-state index is -0.665. The molecule has 1 atom stereocenters. The van der Waals surface area contributed by atoms with Crippen LogP contribution in [0.4, 0.5) is 5.69 Å².